The average Bonchev–Trinajstić information content (AvgIpc) is 3.07. The summed E-state index contributed by atoms with van der Waals surface area (Å²) in [5.41, 5.74) is 1.55. The van der Waals surface area contributed by atoms with Gasteiger partial charge in [-0.05, 0) is 45.0 Å². The molecule has 0 unspecified atom stereocenters. The van der Waals surface area contributed by atoms with Gasteiger partial charge in [-0.3, -0.25) is 10.1 Å². The average molecular weight is 412 g/mol. The number of hydrogen-bond donors (Lipinski definition) is 1. The van der Waals surface area contributed by atoms with Crippen molar-refractivity contribution in [1.29, 1.82) is 0 Å². The molecular formula is C20H24N6O4. The standard InChI is InChI=1S/C20H24N6O4/c1-20(2,3)30-19(28)25(4)12-16(27)23-18-22-15-9-8-13(11-26(15)24-18)14-7-6-10-21-17(14)29-5/h6-11H,12H2,1-5H3,(H,23,24,27). The topological polar surface area (TPSA) is 111 Å². The number of aromatic nitrogens is 4. The lowest BCUT2D eigenvalue weighted by atomic mass is 10.1. The van der Waals surface area contributed by atoms with Gasteiger partial charge in [-0.15, -0.1) is 5.10 Å². The van der Waals surface area contributed by atoms with Crippen LogP contribution in [0.4, 0.5) is 10.7 Å². The van der Waals surface area contributed by atoms with Gasteiger partial charge in [-0.1, -0.05) is 0 Å². The van der Waals surface area contributed by atoms with E-state index in [1.165, 1.54) is 11.9 Å². The molecule has 10 heteroatoms. The fourth-order valence-corrected chi connectivity index (χ4v) is 2.65. The van der Waals surface area contributed by atoms with Gasteiger partial charge in [0.2, 0.25) is 17.7 Å². The first-order chi connectivity index (χ1) is 14.2. The van der Waals surface area contributed by atoms with Crippen LogP contribution in [0.2, 0.25) is 0 Å². The zero-order valence-electron chi connectivity index (χ0n) is 17.5. The third-order valence-corrected chi connectivity index (χ3v) is 3.94. The van der Waals surface area contributed by atoms with Crippen LogP contribution in [0.1, 0.15) is 20.8 Å². The zero-order chi connectivity index (χ0) is 21.9. The number of rotatable bonds is 5. The van der Waals surface area contributed by atoms with Gasteiger partial charge in [0, 0.05) is 30.6 Å². The van der Waals surface area contributed by atoms with Gasteiger partial charge in [-0.25, -0.2) is 14.3 Å². The van der Waals surface area contributed by atoms with Gasteiger partial charge in [0.05, 0.1) is 7.11 Å². The first-order valence-corrected chi connectivity index (χ1v) is 9.26. The first kappa shape index (κ1) is 21.0. The molecule has 0 aliphatic carbocycles. The fourth-order valence-electron chi connectivity index (χ4n) is 2.65. The van der Waals surface area contributed by atoms with E-state index in [9.17, 15) is 9.59 Å². The van der Waals surface area contributed by atoms with Crippen molar-refractivity contribution in [3.8, 4) is 17.0 Å². The number of fused-ring (bicyclic) bond motifs is 1. The molecule has 3 rings (SSSR count). The largest absolute Gasteiger partial charge is 0.481 e. The van der Waals surface area contributed by atoms with Crippen molar-refractivity contribution in [1.82, 2.24) is 24.5 Å². The summed E-state index contributed by atoms with van der Waals surface area (Å²) in [7, 11) is 3.04. The maximum Gasteiger partial charge on any atom is 0.410 e. The molecule has 2 amide bonds. The van der Waals surface area contributed by atoms with E-state index in [1.54, 1.807) is 50.9 Å². The number of methoxy groups -OCH3 is 1. The van der Waals surface area contributed by atoms with E-state index in [0.29, 0.717) is 11.5 Å². The van der Waals surface area contributed by atoms with E-state index in [4.69, 9.17) is 9.47 Å². The second kappa shape index (κ2) is 8.36. The second-order valence-electron chi connectivity index (χ2n) is 7.60. The van der Waals surface area contributed by atoms with E-state index < -0.39 is 17.6 Å². The summed E-state index contributed by atoms with van der Waals surface area (Å²) in [6.07, 6.45) is 2.83. The van der Waals surface area contributed by atoms with Crippen molar-refractivity contribution in [2.75, 3.05) is 26.0 Å². The number of nitrogens with one attached hydrogen (secondary N) is 1. The van der Waals surface area contributed by atoms with Gasteiger partial charge in [0.15, 0.2) is 5.65 Å². The zero-order valence-corrected chi connectivity index (χ0v) is 17.5. The number of pyridine rings is 2. The van der Waals surface area contributed by atoms with Gasteiger partial charge >= 0.3 is 6.09 Å². The Morgan fingerprint density at radius 3 is 2.70 bits per heavy atom. The van der Waals surface area contributed by atoms with Gasteiger partial charge in [0.25, 0.3) is 0 Å². The van der Waals surface area contributed by atoms with Crippen LogP contribution < -0.4 is 10.1 Å². The first-order valence-electron chi connectivity index (χ1n) is 9.26. The highest BCUT2D eigenvalue weighted by Crippen LogP contribution is 2.27. The summed E-state index contributed by atoms with van der Waals surface area (Å²) in [5.74, 6) is 0.192. The highest BCUT2D eigenvalue weighted by molar-refractivity contribution is 5.92. The molecule has 0 fully saturated rings. The van der Waals surface area contributed by atoms with E-state index in [-0.39, 0.29) is 12.5 Å². The Morgan fingerprint density at radius 2 is 2.00 bits per heavy atom. The molecule has 0 radical (unpaired) electrons. The Kier molecular flexibility index (Phi) is 5.86. The molecule has 0 atom stereocenters. The molecule has 0 bridgehead atoms. The molecule has 0 aromatic carbocycles. The van der Waals surface area contributed by atoms with Crippen molar-refractivity contribution in [2.45, 2.75) is 26.4 Å². The number of likely N-dealkylation sites (N-methyl/N-ethyl adjacent to an activating group) is 1. The lowest BCUT2D eigenvalue weighted by molar-refractivity contribution is -0.117. The molecular weight excluding hydrogens is 388 g/mol. The number of nitrogens with zero attached hydrogens (tertiary/aromatic N) is 5. The van der Waals surface area contributed by atoms with Gasteiger partial charge < -0.3 is 14.4 Å². The number of amides is 2. The number of ether oxygens (including phenoxy) is 2. The Morgan fingerprint density at radius 1 is 1.23 bits per heavy atom. The molecule has 30 heavy (non-hydrogen) atoms. The summed E-state index contributed by atoms with van der Waals surface area (Å²) >= 11 is 0. The minimum Gasteiger partial charge on any atom is -0.481 e. The number of carbonyl (C=O) groups is 2. The smallest absolute Gasteiger partial charge is 0.410 e. The van der Waals surface area contributed by atoms with Crippen LogP contribution >= 0.6 is 0 Å². The second-order valence-corrected chi connectivity index (χ2v) is 7.60. The van der Waals surface area contributed by atoms with Crippen molar-refractivity contribution in [3.05, 3.63) is 36.7 Å². The minimum absolute atomic E-state index is 0.132. The molecule has 158 valence electrons. The van der Waals surface area contributed by atoms with Crippen molar-refractivity contribution in [2.24, 2.45) is 0 Å². The SMILES string of the molecule is COc1ncccc1-c1ccc2nc(NC(=O)CN(C)C(=O)OC(C)(C)C)nn2c1. The van der Waals surface area contributed by atoms with Gasteiger partial charge in [-0.2, -0.15) is 4.98 Å². The van der Waals surface area contributed by atoms with E-state index in [1.807, 2.05) is 18.2 Å². The Hall–Kier alpha value is -3.69. The minimum atomic E-state index is -0.639. The third-order valence-electron chi connectivity index (χ3n) is 3.94. The highest BCUT2D eigenvalue weighted by atomic mass is 16.6. The van der Waals surface area contributed by atoms with Crippen LogP contribution in [0.15, 0.2) is 36.7 Å². The fraction of sp³-hybridized carbons (Fsp3) is 0.350. The van der Waals surface area contributed by atoms with Crippen molar-refractivity contribution >= 4 is 23.6 Å². The van der Waals surface area contributed by atoms with Crippen LogP contribution in [-0.4, -0.2) is 62.8 Å². The molecule has 3 aromatic rings. The Balaban J connectivity index is 1.72. The molecule has 1 N–H and O–H groups in total. The van der Waals surface area contributed by atoms with E-state index in [0.717, 1.165) is 11.1 Å². The number of anilines is 1. The van der Waals surface area contributed by atoms with E-state index >= 15 is 0 Å². The Bertz CT molecular complexity index is 1070. The Labute approximate surface area is 173 Å². The molecule has 0 spiro atoms. The number of hydrogen-bond acceptors (Lipinski definition) is 7. The summed E-state index contributed by atoms with van der Waals surface area (Å²) in [6, 6.07) is 7.35. The quantitative estimate of drug-likeness (QED) is 0.686. The third kappa shape index (κ3) is 5.02. The van der Waals surface area contributed by atoms with Crippen LogP contribution in [0, 0.1) is 0 Å². The molecule has 3 aromatic heterocycles. The van der Waals surface area contributed by atoms with E-state index in [2.05, 4.69) is 20.4 Å². The van der Waals surface area contributed by atoms with Crippen LogP contribution in [-0.2, 0) is 9.53 Å². The van der Waals surface area contributed by atoms with Crippen LogP contribution in [0.25, 0.3) is 16.8 Å². The highest BCUT2D eigenvalue weighted by Gasteiger charge is 2.21. The van der Waals surface area contributed by atoms with Crippen LogP contribution in [0.3, 0.4) is 0 Å². The summed E-state index contributed by atoms with van der Waals surface area (Å²) in [5, 5.41) is 6.88. The lowest BCUT2D eigenvalue weighted by Gasteiger charge is -2.24. The summed E-state index contributed by atoms with van der Waals surface area (Å²) in [4.78, 5) is 33.9. The molecule has 10 nitrogen and oxygen atoms in total. The predicted molar refractivity (Wildman–Crippen MR) is 110 cm³/mol. The normalized spacial score (nSPS) is 11.2. The van der Waals surface area contributed by atoms with Crippen molar-refractivity contribution in [3.63, 3.8) is 0 Å². The molecule has 0 aliphatic rings. The number of carbonyl (C=O) groups excluding carboxylic acids is 2. The molecule has 0 saturated heterocycles. The van der Waals surface area contributed by atoms with Crippen molar-refractivity contribution < 1.29 is 19.1 Å². The predicted octanol–water partition coefficient (Wildman–Crippen LogP) is 2.61. The monoisotopic (exact) mass is 412 g/mol. The van der Waals surface area contributed by atoms with Crippen LogP contribution in [0.5, 0.6) is 5.88 Å². The molecule has 0 aliphatic heterocycles. The molecule has 0 saturated carbocycles. The summed E-state index contributed by atoms with van der Waals surface area (Å²) < 4.78 is 12.1. The summed E-state index contributed by atoms with van der Waals surface area (Å²) in [6.45, 7) is 5.08. The van der Waals surface area contributed by atoms with Gasteiger partial charge in [0.1, 0.15) is 12.1 Å². The molecule has 3 heterocycles. The maximum absolute atomic E-state index is 12.3. The lowest BCUT2D eigenvalue weighted by Crippen LogP contribution is -2.38. The maximum atomic E-state index is 12.3.